The lowest BCUT2D eigenvalue weighted by atomic mass is 10.1. The second kappa shape index (κ2) is 8.31. The Labute approximate surface area is 183 Å². The highest BCUT2D eigenvalue weighted by atomic mass is 19.1. The van der Waals surface area contributed by atoms with E-state index in [4.69, 9.17) is 4.74 Å². The first-order valence-electron chi connectivity index (χ1n) is 10.8. The molecule has 5 rings (SSSR count). The SMILES string of the molecule is CNC(=O)c1ncc(O[C@@H]2CCN(Cc3cnc4cc(C5CC5)c(=O)[nH]c4c3)C2)cc1F. The van der Waals surface area contributed by atoms with E-state index in [9.17, 15) is 14.0 Å². The molecule has 1 aliphatic heterocycles. The smallest absolute Gasteiger partial charge is 0.272 e. The van der Waals surface area contributed by atoms with E-state index >= 15 is 0 Å². The molecular formula is C23H24FN5O3. The molecular weight excluding hydrogens is 413 g/mol. The van der Waals surface area contributed by atoms with Crippen molar-refractivity contribution in [2.75, 3.05) is 20.1 Å². The molecule has 0 spiro atoms. The van der Waals surface area contributed by atoms with Crippen molar-refractivity contribution >= 4 is 16.9 Å². The number of H-pyrrole nitrogens is 1. The highest BCUT2D eigenvalue weighted by Gasteiger charge is 2.27. The Morgan fingerprint density at radius 2 is 2.09 bits per heavy atom. The molecule has 1 aliphatic carbocycles. The van der Waals surface area contributed by atoms with Gasteiger partial charge >= 0.3 is 0 Å². The summed E-state index contributed by atoms with van der Waals surface area (Å²) in [5.74, 6) is -0.596. The monoisotopic (exact) mass is 437 g/mol. The molecule has 4 heterocycles. The fraction of sp³-hybridized carbons (Fsp3) is 0.391. The lowest BCUT2D eigenvalue weighted by Crippen LogP contribution is -2.25. The van der Waals surface area contributed by atoms with Crippen LogP contribution in [0.1, 0.15) is 46.8 Å². The van der Waals surface area contributed by atoms with E-state index < -0.39 is 11.7 Å². The summed E-state index contributed by atoms with van der Waals surface area (Å²) in [5, 5.41) is 2.35. The number of hydrogen-bond donors (Lipinski definition) is 2. The molecule has 2 aliphatic rings. The van der Waals surface area contributed by atoms with Crippen molar-refractivity contribution in [3.8, 4) is 5.75 Å². The number of amides is 1. The summed E-state index contributed by atoms with van der Waals surface area (Å²) in [5.41, 5.74) is 3.15. The van der Waals surface area contributed by atoms with Crippen LogP contribution in [0.3, 0.4) is 0 Å². The van der Waals surface area contributed by atoms with Gasteiger partial charge in [0.25, 0.3) is 11.5 Å². The van der Waals surface area contributed by atoms with E-state index in [1.54, 1.807) is 0 Å². The van der Waals surface area contributed by atoms with Crippen molar-refractivity contribution in [2.45, 2.75) is 37.8 Å². The highest BCUT2D eigenvalue weighted by Crippen LogP contribution is 2.38. The second-order valence-corrected chi connectivity index (χ2v) is 8.45. The first-order valence-corrected chi connectivity index (χ1v) is 10.8. The number of nitrogens with one attached hydrogen (secondary N) is 2. The number of pyridine rings is 3. The summed E-state index contributed by atoms with van der Waals surface area (Å²) in [4.78, 5) is 37.5. The molecule has 2 fully saturated rings. The Bertz CT molecular complexity index is 1240. The molecule has 1 atom stereocenters. The summed E-state index contributed by atoms with van der Waals surface area (Å²) in [6.45, 7) is 2.18. The quantitative estimate of drug-likeness (QED) is 0.614. The molecule has 0 bridgehead atoms. The van der Waals surface area contributed by atoms with E-state index in [0.717, 1.165) is 48.0 Å². The van der Waals surface area contributed by atoms with Crippen LogP contribution < -0.4 is 15.6 Å². The average molecular weight is 437 g/mol. The van der Waals surface area contributed by atoms with Crippen molar-refractivity contribution in [3.05, 3.63) is 63.6 Å². The molecule has 0 aromatic carbocycles. The van der Waals surface area contributed by atoms with Gasteiger partial charge in [0.05, 0.1) is 17.2 Å². The van der Waals surface area contributed by atoms with Gasteiger partial charge in [-0.3, -0.25) is 19.5 Å². The molecule has 8 nitrogen and oxygen atoms in total. The Morgan fingerprint density at radius 3 is 2.84 bits per heavy atom. The molecule has 9 heteroatoms. The molecule has 32 heavy (non-hydrogen) atoms. The zero-order valence-corrected chi connectivity index (χ0v) is 17.7. The average Bonchev–Trinajstić information content (AvgIpc) is 3.53. The predicted molar refractivity (Wildman–Crippen MR) is 116 cm³/mol. The molecule has 2 N–H and O–H groups in total. The van der Waals surface area contributed by atoms with Gasteiger partial charge in [-0.15, -0.1) is 0 Å². The number of ether oxygens (including phenoxy) is 1. The minimum atomic E-state index is -0.710. The Balaban J connectivity index is 1.23. The van der Waals surface area contributed by atoms with E-state index in [2.05, 4.69) is 25.2 Å². The molecule has 0 unspecified atom stereocenters. The van der Waals surface area contributed by atoms with Crippen molar-refractivity contribution in [1.29, 1.82) is 0 Å². The van der Waals surface area contributed by atoms with Gasteiger partial charge in [0.15, 0.2) is 11.5 Å². The summed E-state index contributed by atoms with van der Waals surface area (Å²) in [6, 6.07) is 5.09. The number of fused-ring (bicyclic) bond motifs is 1. The number of hydrogen-bond acceptors (Lipinski definition) is 6. The van der Waals surface area contributed by atoms with Gasteiger partial charge in [-0.25, -0.2) is 9.37 Å². The zero-order chi connectivity index (χ0) is 22.2. The highest BCUT2D eigenvalue weighted by molar-refractivity contribution is 5.92. The van der Waals surface area contributed by atoms with Crippen LogP contribution in [0.4, 0.5) is 4.39 Å². The lowest BCUT2D eigenvalue weighted by Gasteiger charge is -2.17. The number of nitrogens with zero attached hydrogens (tertiary/aromatic N) is 3. The molecule has 1 amide bonds. The zero-order valence-electron chi connectivity index (χ0n) is 17.7. The first kappa shape index (κ1) is 20.6. The third-order valence-electron chi connectivity index (χ3n) is 5.99. The Morgan fingerprint density at radius 1 is 1.25 bits per heavy atom. The van der Waals surface area contributed by atoms with Crippen molar-refractivity contribution in [2.24, 2.45) is 0 Å². The van der Waals surface area contributed by atoms with Crippen LogP contribution in [0.2, 0.25) is 0 Å². The standard InChI is InChI=1S/C23H24FN5O3/c1-25-23(31)21-18(24)7-16(10-27-21)32-15-4-5-29(12-15)11-13-6-20-19(26-9-13)8-17(14-2-3-14)22(30)28-20/h6-10,14-15H,2-5,11-12H2,1H3,(H,25,31)(H,28,30)/t15-/m1/s1. The third kappa shape index (κ3) is 4.20. The van der Waals surface area contributed by atoms with Crippen LogP contribution in [0.25, 0.3) is 11.0 Å². The van der Waals surface area contributed by atoms with E-state index in [0.29, 0.717) is 24.8 Å². The third-order valence-corrected chi connectivity index (χ3v) is 5.99. The van der Waals surface area contributed by atoms with E-state index in [-0.39, 0.29) is 17.4 Å². The summed E-state index contributed by atoms with van der Waals surface area (Å²) in [7, 11) is 1.43. The maximum absolute atomic E-state index is 14.1. The molecule has 0 radical (unpaired) electrons. The number of likely N-dealkylation sites (tertiary alicyclic amines) is 1. The minimum Gasteiger partial charge on any atom is -0.487 e. The number of rotatable bonds is 6. The van der Waals surface area contributed by atoms with Crippen LogP contribution in [0, 0.1) is 5.82 Å². The summed E-state index contributed by atoms with van der Waals surface area (Å²) in [6.07, 6.45) is 6.06. The maximum Gasteiger partial charge on any atom is 0.272 e. The van der Waals surface area contributed by atoms with E-state index in [1.807, 2.05) is 18.3 Å². The fourth-order valence-electron chi connectivity index (χ4n) is 4.18. The summed E-state index contributed by atoms with van der Waals surface area (Å²) >= 11 is 0. The summed E-state index contributed by atoms with van der Waals surface area (Å²) < 4.78 is 20.0. The van der Waals surface area contributed by atoms with E-state index in [1.165, 1.54) is 19.3 Å². The van der Waals surface area contributed by atoms with Crippen LogP contribution in [0.5, 0.6) is 5.75 Å². The van der Waals surface area contributed by atoms with Gasteiger partial charge in [0.2, 0.25) is 0 Å². The van der Waals surface area contributed by atoms with Crippen LogP contribution in [-0.2, 0) is 6.54 Å². The number of carbonyl (C=O) groups is 1. The van der Waals surface area contributed by atoms with Gasteiger partial charge in [-0.1, -0.05) is 0 Å². The minimum absolute atomic E-state index is 0.0168. The predicted octanol–water partition coefficient (Wildman–Crippen LogP) is 2.35. The molecule has 3 aromatic rings. The molecule has 166 valence electrons. The number of aromatic amines is 1. The topological polar surface area (TPSA) is 100 Å². The number of carbonyl (C=O) groups excluding carboxylic acids is 1. The molecule has 3 aromatic heterocycles. The van der Waals surface area contributed by atoms with Gasteiger partial charge in [0.1, 0.15) is 11.9 Å². The number of aromatic nitrogens is 3. The Hall–Kier alpha value is -3.33. The van der Waals surface area contributed by atoms with Gasteiger partial charge in [-0.2, -0.15) is 0 Å². The van der Waals surface area contributed by atoms with Crippen molar-refractivity contribution in [1.82, 2.24) is 25.2 Å². The van der Waals surface area contributed by atoms with Crippen LogP contribution in [0.15, 0.2) is 35.4 Å². The largest absolute Gasteiger partial charge is 0.487 e. The second-order valence-electron chi connectivity index (χ2n) is 8.45. The van der Waals surface area contributed by atoms with Crippen LogP contribution in [-0.4, -0.2) is 52.0 Å². The van der Waals surface area contributed by atoms with Gasteiger partial charge in [-0.05, 0) is 42.9 Å². The molecule has 1 saturated heterocycles. The van der Waals surface area contributed by atoms with Crippen LogP contribution >= 0.6 is 0 Å². The van der Waals surface area contributed by atoms with Crippen molar-refractivity contribution in [3.63, 3.8) is 0 Å². The molecule has 1 saturated carbocycles. The van der Waals surface area contributed by atoms with Crippen molar-refractivity contribution < 1.29 is 13.9 Å². The normalized spacial score (nSPS) is 18.8. The fourth-order valence-corrected chi connectivity index (χ4v) is 4.18. The maximum atomic E-state index is 14.1. The lowest BCUT2D eigenvalue weighted by molar-refractivity contribution is 0.0953. The number of halogens is 1. The Kier molecular flexibility index (Phi) is 5.34. The van der Waals surface area contributed by atoms with Gasteiger partial charge in [0, 0.05) is 44.5 Å². The van der Waals surface area contributed by atoms with Gasteiger partial charge < -0.3 is 15.0 Å². The first-order chi connectivity index (χ1) is 15.5.